The lowest BCUT2D eigenvalue weighted by atomic mass is 10.3. The van der Waals surface area contributed by atoms with Gasteiger partial charge in [0.15, 0.2) is 5.82 Å². The van der Waals surface area contributed by atoms with Crippen LogP contribution in [0.15, 0.2) is 34.4 Å². The summed E-state index contributed by atoms with van der Waals surface area (Å²) in [4.78, 5) is 26.3. The number of ether oxygens (including phenoxy) is 1. The summed E-state index contributed by atoms with van der Waals surface area (Å²) in [6.45, 7) is 0.612. The van der Waals surface area contributed by atoms with Gasteiger partial charge in [-0.1, -0.05) is 11.2 Å². The molecule has 1 N–H and O–H groups in total. The summed E-state index contributed by atoms with van der Waals surface area (Å²) in [6, 6.07) is 5.04. The molecule has 0 fully saturated rings. The Balaban J connectivity index is 1.98. The Hall–Kier alpha value is -2.19. The largest absolute Gasteiger partial charge is 0.383 e. The molecule has 2 heterocycles. The first-order chi connectivity index (χ1) is 10.2. The lowest BCUT2D eigenvalue weighted by molar-refractivity contribution is -0.117. The number of rotatable bonds is 7. The first-order valence-electron chi connectivity index (χ1n) is 6.22. The van der Waals surface area contributed by atoms with Crippen LogP contribution in [0.3, 0.4) is 0 Å². The molecule has 21 heavy (non-hydrogen) atoms. The van der Waals surface area contributed by atoms with Crippen LogP contribution in [0.5, 0.6) is 0 Å². The standard InChI is InChI=1S/C13H15N3O4S/c1-19-7-5-16(13(18)10-3-2-8-21-10)9-12(17)14-11-4-6-20-15-11/h2-4,6,8H,5,7,9H2,1H3,(H,14,15,17). The number of aromatic nitrogens is 1. The summed E-state index contributed by atoms with van der Waals surface area (Å²) < 4.78 is 9.61. The number of carbonyl (C=O) groups excluding carboxylic acids is 2. The van der Waals surface area contributed by atoms with Gasteiger partial charge in [-0.25, -0.2) is 0 Å². The maximum Gasteiger partial charge on any atom is 0.264 e. The summed E-state index contributed by atoms with van der Waals surface area (Å²) in [7, 11) is 1.54. The summed E-state index contributed by atoms with van der Waals surface area (Å²) in [5, 5.41) is 7.96. The maximum absolute atomic E-state index is 12.3. The second-order valence-electron chi connectivity index (χ2n) is 4.13. The predicted octanol–water partition coefficient (Wildman–Crippen LogP) is 1.46. The van der Waals surface area contributed by atoms with E-state index in [-0.39, 0.29) is 18.4 Å². The SMILES string of the molecule is COCCN(CC(=O)Nc1ccon1)C(=O)c1cccs1. The van der Waals surface area contributed by atoms with Crippen LogP contribution in [0.1, 0.15) is 9.67 Å². The van der Waals surface area contributed by atoms with E-state index in [9.17, 15) is 9.59 Å². The van der Waals surface area contributed by atoms with Crippen molar-refractivity contribution in [2.75, 3.05) is 32.1 Å². The highest BCUT2D eigenvalue weighted by molar-refractivity contribution is 7.12. The van der Waals surface area contributed by atoms with Gasteiger partial charge in [-0.2, -0.15) is 0 Å². The number of nitrogens with zero attached hydrogens (tertiary/aromatic N) is 2. The van der Waals surface area contributed by atoms with Crippen molar-refractivity contribution >= 4 is 29.0 Å². The summed E-state index contributed by atoms with van der Waals surface area (Å²) in [6.07, 6.45) is 1.36. The molecule has 0 aromatic carbocycles. The topological polar surface area (TPSA) is 84.7 Å². The van der Waals surface area contributed by atoms with Gasteiger partial charge in [0.1, 0.15) is 12.8 Å². The Bertz CT molecular complexity index is 568. The second-order valence-corrected chi connectivity index (χ2v) is 5.08. The molecule has 112 valence electrons. The van der Waals surface area contributed by atoms with E-state index in [0.717, 1.165) is 0 Å². The van der Waals surface area contributed by atoms with Gasteiger partial charge in [-0.05, 0) is 11.4 Å². The number of nitrogens with one attached hydrogen (secondary N) is 1. The smallest absolute Gasteiger partial charge is 0.264 e. The van der Waals surface area contributed by atoms with E-state index in [1.165, 1.54) is 28.6 Å². The van der Waals surface area contributed by atoms with Crippen LogP contribution in [-0.4, -0.2) is 48.7 Å². The molecule has 2 aromatic heterocycles. The van der Waals surface area contributed by atoms with Crippen LogP contribution in [-0.2, 0) is 9.53 Å². The zero-order valence-electron chi connectivity index (χ0n) is 11.4. The van der Waals surface area contributed by atoms with Crippen molar-refractivity contribution in [3.05, 3.63) is 34.7 Å². The highest BCUT2D eigenvalue weighted by atomic mass is 32.1. The van der Waals surface area contributed by atoms with E-state index in [2.05, 4.69) is 15.0 Å². The van der Waals surface area contributed by atoms with E-state index in [1.54, 1.807) is 19.2 Å². The Labute approximate surface area is 125 Å². The number of thiophene rings is 1. The van der Waals surface area contributed by atoms with Crippen LogP contribution >= 0.6 is 11.3 Å². The predicted molar refractivity (Wildman–Crippen MR) is 77.2 cm³/mol. The molecule has 0 unspecified atom stereocenters. The maximum atomic E-state index is 12.3. The monoisotopic (exact) mass is 309 g/mol. The van der Waals surface area contributed by atoms with Crippen molar-refractivity contribution in [2.24, 2.45) is 0 Å². The Morgan fingerprint density at radius 3 is 2.95 bits per heavy atom. The molecule has 2 amide bonds. The number of methoxy groups -OCH3 is 1. The number of amides is 2. The highest BCUT2D eigenvalue weighted by Gasteiger charge is 2.19. The van der Waals surface area contributed by atoms with Gasteiger partial charge in [-0.15, -0.1) is 11.3 Å². The van der Waals surface area contributed by atoms with E-state index in [4.69, 9.17) is 4.74 Å². The third kappa shape index (κ3) is 4.40. The first-order valence-corrected chi connectivity index (χ1v) is 7.10. The van der Waals surface area contributed by atoms with Gasteiger partial charge in [0, 0.05) is 19.7 Å². The highest BCUT2D eigenvalue weighted by Crippen LogP contribution is 2.12. The fourth-order valence-electron chi connectivity index (χ4n) is 1.64. The Kier molecular flexibility index (Phi) is 5.47. The molecule has 0 atom stereocenters. The van der Waals surface area contributed by atoms with Crippen molar-refractivity contribution in [1.82, 2.24) is 10.1 Å². The fraction of sp³-hybridized carbons (Fsp3) is 0.308. The third-order valence-electron chi connectivity index (χ3n) is 2.62. The van der Waals surface area contributed by atoms with Crippen molar-refractivity contribution in [3.63, 3.8) is 0 Å². The molecule has 0 aliphatic rings. The zero-order chi connectivity index (χ0) is 15.1. The van der Waals surface area contributed by atoms with E-state index in [1.807, 2.05) is 5.38 Å². The van der Waals surface area contributed by atoms with Gasteiger partial charge >= 0.3 is 0 Å². The Morgan fingerprint density at radius 1 is 1.48 bits per heavy atom. The average molecular weight is 309 g/mol. The normalized spacial score (nSPS) is 10.3. The summed E-state index contributed by atoms with van der Waals surface area (Å²) >= 11 is 1.33. The molecule has 0 spiro atoms. The quantitative estimate of drug-likeness (QED) is 0.837. The number of carbonyl (C=O) groups is 2. The first kappa shape index (κ1) is 15.2. The van der Waals surface area contributed by atoms with E-state index in [0.29, 0.717) is 23.8 Å². The fourth-order valence-corrected chi connectivity index (χ4v) is 2.33. The molecule has 0 saturated carbocycles. The van der Waals surface area contributed by atoms with Crippen LogP contribution in [0.2, 0.25) is 0 Å². The van der Waals surface area contributed by atoms with E-state index >= 15 is 0 Å². The van der Waals surface area contributed by atoms with E-state index < -0.39 is 0 Å². The molecular weight excluding hydrogens is 294 g/mol. The lowest BCUT2D eigenvalue weighted by Crippen LogP contribution is -2.39. The number of hydrogen-bond donors (Lipinski definition) is 1. The molecule has 0 aliphatic heterocycles. The minimum atomic E-state index is -0.343. The van der Waals surface area contributed by atoms with Crippen molar-refractivity contribution in [2.45, 2.75) is 0 Å². The van der Waals surface area contributed by atoms with Crippen LogP contribution in [0.4, 0.5) is 5.82 Å². The molecule has 0 bridgehead atoms. The van der Waals surface area contributed by atoms with Crippen LogP contribution < -0.4 is 5.32 Å². The van der Waals surface area contributed by atoms with Crippen LogP contribution in [0, 0.1) is 0 Å². The molecular formula is C13H15N3O4S. The Morgan fingerprint density at radius 2 is 2.33 bits per heavy atom. The minimum absolute atomic E-state index is 0.0764. The molecule has 8 heteroatoms. The molecule has 2 aromatic rings. The number of hydrogen-bond acceptors (Lipinski definition) is 6. The summed E-state index contributed by atoms with van der Waals surface area (Å²) in [5.74, 6) is -0.225. The molecule has 0 aliphatic carbocycles. The van der Waals surface area contributed by atoms with Gasteiger partial charge < -0.3 is 19.5 Å². The molecule has 0 saturated heterocycles. The molecule has 0 radical (unpaired) electrons. The summed E-state index contributed by atoms with van der Waals surface area (Å²) in [5.41, 5.74) is 0. The second kappa shape index (κ2) is 7.55. The number of anilines is 1. The van der Waals surface area contributed by atoms with Gasteiger partial charge in [0.05, 0.1) is 11.5 Å². The zero-order valence-corrected chi connectivity index (χ0v) is 12.3. The molecule has 2 rings (SSSR count). The minimum Gasteiger partial charge on any atom is -0.383 e. The van der Waals surface area contributed by atoms with Gasteiger partial charge in [0.2, 0.25) is 5.91 Å². The van der Waals surface area contributed by atoms with Gasteiger partial charge in [0.25, 0.3) is 5.91 Å². The van der Waals surface area contributed by atoms with Crippen molar-refractivity contribution in [1.29, 1.82) is 0 Å². The third-order valence-corrected chi connectivity index (χ3v) is 3.48. The van der Waals surface area contributed by atoms with Crippen LogP contribution in [0.25, 0.3) is 0 Å². The lowest BCUT2D eigenvalue weighted by Gasteiger charge is -2.20. The van der Waals surface area contributed by atoms with Crippen molar-refractivity contribution < 1.29 is 18.8 Å². The average Bonchev–Trinajstić information content (AvgIpc) is 3.15. The molecule has 7 nitrogen and oxygen atoms in total. The van der Waals surface area contributed by atoms with Gasteiger partial charge in [-0.3, -0.25) is 9.59 Å². The van der Waals surface area contributed by atoms with Crippen molar-refractivity contribution in [3.8, 4) is 0 Å².